The van der Waals surface area contributed by atoms with Gasteiger partial charge in [-0.25, -0.2) is 0 Å². The fourth-order valence-electron chi connectivity index (χ4n) is 0.906. The Kier molecular flexibility index (Phi) is 3.14. The first kappa shape index (κ1) is 8.00. The summed E-state index contributed by atoms with van der Waals surface area (Å²) in [6.07, 6.45) is 2.03. The molecule has 0 bridgehead atoms. The standard InChI is InChI=1S/C4H4N.2C2H5.Ru/c1-2-4-5-3-1;2*1-2;/h1-3,5H;2*1H2,2H3;. The van der Waals surface area contributed by atoms with Gasteiger partial charge in [0.15, 0.2) is 0 Å². The van der Waals surface area contributed by atoms with E-state index in [1.165, 1.54) is 14.3 Å². The Bertz CT molecular complexity index is 165. The monoisotopic (exact) mass is 226 g/mol. The summed E-state index contributed by atoms with van der Waals surface area (Å²) in [5.41, 5.74) is 0. The molecular weight excluding hydrogens is 211 g/mol. The molecule has 0 spiro atoms. The Balaban J connectivity index is 2.64. The van der Waals surface area contributed by atoms with E-state index in [4.69, 9.17) is 0 Å². The Morgan fingerprint density at radius 2 is 2.10 bits per heavy atom. The van der Waals surface area contributed by atoms with E-state index in [0.29, 0.717) is 0 Å². The average Bonchev–Trinajstić information content (AvgIpc) is 2.43. The van der Waals surface area contributed by atoms with E-state index >= 15 is 0 Å². The summed E-state index contributed by atoms with van der Waals surface area (Å²) in [7, 11) is 0. The minimum atomic E-state index is -0.598. The van der Waals surface area contributed by atoms with Crippen molar-refractivity contribution in [2.75, 3.05) is 0 Å². The fraction of sp³-hybridized carbons (Fsp3) is 0.500. The second kappa shape index (κ2) is 3.93. The number of hydrogen-bond donors (Lipinski definition) is 1. The van der Waals surface area contributed by atoms with Crippen molar-refractivity contribution < 1.29 is 16.0 Å². The SMILES string of the molecule is C[CH2][Ru]([CH2]C)[c]1ccc[nH]1. The Labute approximate surface area is 67.7 Å². The molecule has 0 aliphatic heterocycles. The molecule has 59 valence electrons. The van der Waals surface area contributed by atoms with Crippen LogP contribution in [0.25, 0.3) is 0 Å². The van der Waals surface area contributed by atoms with Crippen molar-refractivity contribution in [3.05, 3.63) is 18.3 Å². The molecule has 0 fully saturated rings. The van der Waals surface area contributed by atoms with Crippen LogP contribution in [0, 0.1) is 0 Å². The normalized spacial score (nSPS) is 11.6. The molecule has 10 heavy (non-hydrogen) atoms. The van der Waals surface area contributed by atoms with Crippen molar-refractivity contribution in [1.29, 1.82) is 0 Å². The molecule has 1 heterocycles. The summed E-state index contributed by atoms with van der Waals surface area (Å²) in [5, 5.41) is 2.75. The van der Waals surface area contributed by atoms with Crippen LogP contribution in [0.3, 0.4) is 0 Å². The van der Waals surface area contributed by atoms with Gasteiger partial charge in [-0.2, -0.15) is 0 Å². The van der Waals surface area contributed by atoms with E-state index in [-0.39, 0.29) is 0 Å². The van der Waals surface area contributed by atoms with Crippen LogP contribution in [0.1, 0.15) is 13.8 Å². The van der Waals surface area contributed by atoms with Crippen LogP contribution in [-0.2, 0) is 16.0 Å². The zero-order valence-electron chi connectivity index (χ0n) is 6.50. The number of aromatic nitrogens is 1. The van der Waals surface area contributed by atoms with E-state index in [0.717, 1.165) is 0 Å². The minimum absolute atomic E-state index is 0.598. The van der Waals surface area contributed by atoms with Crippen LogP contribution in [0.5, 0.6) is 0 Å². The van der Waals surface area contributed by atoms with Gasteiger partial charge in [-0.05, 0) is 0 Å². The molecule has 0 unspecified atom stereocenters. The number of aromatic amines is 1. The summed E-state index contributed by atoms with van der Waals surface area (Å²) in [5.74, 6) is 0. The first-order valence-electron chi connectivity index (χ1n) is 3.59. The first-order chi connectivity index (χ1) is 4.88. The van der Waals surface area contributed by atoms with Crippen LogP contribution in [0.4, 0.5) is 0 Å². The maximum absolute atomic E-state index is 3.30. The van der Waals surface area contributed by atoms with E-state index in [9.17, 15) is 0 Å². The van der Waals surface area contributed by atoms with Crippen LogP contribution in [0.15, 0.2) is 18.3 Å². The van der Waals surface area contributed by atoms with Crippen LogP contribution in [-0.4, -0.2) is 4.98 Å². The van der Waals surface area contributed by atoms with E-state index in [2.05, 4.69) is 31.0 Å². The zero-order valence-corrected chi connectivity index (χ0v) is 8.24. The van der Waals surface area contributed by atoms with Gasteiger partial charge >= 0.3 is 67.4 Å². The van der Waals surface area contributed by atoms with Crippen LogP contribution >= 0.6 is 0 Å². The average molecular weight is 225 g/mol. The van der Waals surface area contributed by atoms with Crippen LogP contribution < -0.4 is 4.29 Å². The quantitative estimate of drug-likeness (QED) is 0.759. The molecule has 1 aromatic heterocycles. The van der Waals surface area contributed by atoms with Crippen molar-refractivity contribution in [3.63, 3.8) is 0 Å². The topological polar surface area (TPSA) is 15.8 Å². The third kappa shape index (κ3) is 1.70. The summed E-state index contributed by atoms with van der Waals surface area (Å²) >= 11 is -0.598. The molecule has 0 saturated heterocycles. The van der Waals surface area contributed by atoms with Gasteiger partial charge in [0.1, 0.15) is 0 Å². The molecule has 1 nitrogen and oxygen atoms in total. The van der Waals surface area contributed by atoms with Crippen molar-refractivity contribution in [1.82, 2.24) is 4.98 Å². The van der Waals surface area contributed by atoms with Gasteiger partial charge in [0, 0.05) is 0 Å². The molecule has 0 aliphatic rings. The van der Waals surface area contributed by atoms with Gasteiger partial charge in [-0.1, -0.05) is 0 Å². The number of hydrogen-bond acceptors (Lipinski definition) is 0. The Morgan fingerprint density at radius 3 is 2.50 bits per heavy atom. The van der Waals surface area contributed by atoms with E-state index in [1.54, 1.807) is 0 Å². The zero-order chi connectivity index (χ0) is 7.40. The second-order valence-electron chi connectivity index (χ2n) is 1.93. The predicted molar refractivity (Wildman–Crippen MR) is 41.4 cm³/mol. The third-order valence-corrected chi connectivity index (χ3v) is 6.26. The first-order valence-corrected chi connectivity index (χ1v) is 6.91. The van der Waals surface area contributed by atoms with Gasteiger partial charge in [0.25, 0.3) is 0 Å². The Morgan fingerprint density at radius 1 is 1.40 bits per heavy atom. The van der Waals surface area contributed by atoms with Crippen LogP contribution in [0.2, 0.25) is 10.0 Å². The van der Waals surface area contributed by atoms with Crippen molar-refractivity contribution in [3.8, 4) is 0 Å². The van der Waals surface area contributed by atoms with E-state index in [1.807, 2.05) is 6.20 Å². The third-order valence-electron chi connectivity index (χ3n) is 1.43. The molecule has 1 rings (SSSR count). The summed E-state index contributed by atoms with van der Waals surface area (Å²) in [6, 6.07) is 4.33. The molecule has 1 aromatic rings. The predicted octanol–water partition coefficient (Wildman–Crippen LogP) is 2.13. The molecular formula is C8H14NRu. The number of nitrogens with one attached hydrogen (secondary N) is 1. The molecule has 0 atom stereocenters. The van der Waals surface area contributed by atoms with Gasteiger partial charge < -0.3 is 0 Å². The summed E-state index contributed by atoms with van der Waals surface area (Å²) < 4.78 is 1.52. The Hall–Kier alpha value is -0.0966. The second-order valence-corrected chi connectivity index (χ2v) is 7.42. The van der Waals surface area contributed by atoms with Crippen molar-refractivity contribution in [2.24, 2.45) is 0 Å². The van der Waals surface area contributed by atoms with Gasteiger partial charge in [-0.15, -0.1) is 0 Å². The van der Waals surface area contributed by atoms with E-state index < -0.39 is 16.0 Å². The van der Waals surface area contributed by atoms with Gasteiger partial charge in [0.2, 0.25) is 0 Å². The molecule has 2 heteroatoms. The molecule has 0 amide bonds. The summed E-state index contributed by atoms with van der Waals surface area (Å²) in [4.78, 5) is 3.30. The molecule has 1 N–H and O–H groups in total. The van der Waals surface area contributed by atoms with Gasteiger partial charge in [-0.3, -0.25) is 0 Å². The summed E-state index contributed by atoms with van der Waals surface area (Å²) in [6.45, 7) is 4.59. The molecule has 0 radical (unpaired) electrons. The fourth-order valence-corrected chi connectivity index (χ4v) is 4.18. The van der Waals surface area contributed by atoms with Gasteiger partial charge in [0.05, 0.1) is 0 Å². The molecule has 0 aromatic carbocycles. The van der Waals surface area contributed by atoms with Crippen molar-refractivity contribution >= 4 is 4.29 Å². The number of rotatable bonds is 3. The maximum atomic E-state index is 3.30. The molecule has 0 aliphatic carbocycles. The van der Waals surface area contributed by atoms with Crippen molar-refractivity contribution in [2.45, 2.75) is 23.9 Å². The molecule has 0 saturated carbocycles. The number of H-pyrrole nitrogens is 1.